The predicted molar refractivity (Wildman–Crippen MR) is 92.2 cm³/mol. The summed E-state index contributed by atoms with van der Waals surface area (Å²) in [7, 11) is 0. The van der Waals surface area contributed by atoms with Crippen LogP contribution in [0.1, 0.15) is 21.5 Å². The minimum atomic E-state index is -0.264. The number of thiophene rings is 1. The van der Waals surface area contributed by atoms with Gasteiger partial charge in [-0.05, 0) is 48.7 Å². The van der Waals surface area contributed by atoms with Crippen LogP contribution in [-0.2, 0) is 0 Å². The monoisotopic (exact) mass is 342 g/mol. The van der Waals surface area contributed by atoms with E-state index in [2.05, 4.69) is 5.32 Å². The van der Waals surface area contributed by atoms with Crippen molar-refractivity contribution in [3.8, 4) is 11.1 Å². The van der Waals surface area contributed by atoms with Crippen LogP contribution in [0, 0.1) is 18.7 Å². The van der Waals surface area contributed by atoms with Crippen molar-refractivity contribution >= 4 is 29.7 Å². The van der Waals surface area contributed by atoms with Gasteiger partial charge in [0, 0.05) is 11.4 Å². The molecule has 1 amide bonds. The van der Waals surface area contributed by atoms with Crippen molar-refractivity contribution in [2.45, 2.75) is 13.8 Å². The summed E-state index contributed by atoms with van der Waals surface area (Å²) >= 11 is 1.44. The average molecular weight is 343 g/mol. The van der Waals surface area contributed by atoms with Crippen LogP contribution in [0.5, 0.6) is 0 Å². The maximum absolute atomic E-state index is 13.0. The van der Waals surface area contributed by atoms with E-state index in [1.165, 1.54) is 23.5 Å². The van der Waals surface area contributed by atoms with E-state index in [0.717, 1.165) is 16.0 Å². The van der Waals surface area contributed by atoms with Gasteiger partial charge < -0.3 is 11.1 Å². The third kappa shape index (κ3) is 4.53. The number of hydrogen-bond acceptors (Lipinski definition) is 3. The second kappa shape index (κ2) is 8.27. The zero-order valence-corrected chi connectivity index (χ0v) is 14.2. The zero-order valence-electron chi connectivity index (χ0n) is 12.6. The van der Waals surface area contributed by atoms with Gasteiger partial charge in [0.05, 0.1) is 4.88 Å². The smallest absolute Gasteiger partial charge is 0.261 e. The molecule has 3 N–H and O–H groups in total. The van der Waals surface area contributed by atoms with Crippen LogP contribution in [0.3, 0.4) is 0 Å². The summed E-state index contributed by atoms with van der Waals surface area (Å²) in [5.41, 5.74) is 7.42. The number of rotatable bonds is 5. The Morgan fingerprint density at radius 1 is 1.36 bits per heavy atom. The molecule has 1 aromatic carbocycles. The Morgan fingerprint density at radius 2 is 2.00 bits per heavy atom. The molecule has 0 spiro atoms. The lowest BCUT2D eigenvalue weighted by Gasteiger charge is -2.08. The summed E-state index contributed by atoms with van der Waals surface area (Å²) in [4.78, 5) is 13.8. The van der Waals surface area contributed by atoms with E-state index in [0.29, 0.717) is 18.0 Å². The molecule has 0 aliphatic rings. The quantitative estimate of drug-likeness (QED) is 0.872. The summed E-state index contributed by atoms with van der Waals surface area (Å²) in [5.74, 6) is -0.0938. The van der Waals surface area contributed by atoms with Crippen molar-refractivity contribution < 1.29 is 9.18 Å². The van der Waals surface area contributed by atoms with Crippen LogP contribution in [0.4, 0.5) is 4.39 Å². The summed E-state index contributed by atoms with van der Waals surface area (Å²) in [6.45, 7) is 5.06. The molecule has 0 fully saturated rings. The topological polar surface area (TPSA) is 55.1 Å². The highest BCUT2D eigenvalue weighted by molar-refractivity contribution is 7.14. The molecule has 0 saturated carbocycles. The highest BCUT2D eigenvalue weighted by atomic mass is 35.5. The van der Waals surface area contributed by atoms with E-state index in [1.807, 2.05) is 19.9 Å². The molecule has 2 aromatic rings. The van der Waals surface area contributed by atoms with Gasteiger partial charge in [-0.2, -0.15) is 0 Å². The number of carbonyl (C=O) groups excluding carboxylic acids is 1. The number of hydrogen-bond donors (Lipinski definition) is 2. The molecule has 0 radical (unpaired) electrons. The minimum absolute atomic E-state index is 0. The van der Waals surface area contributed by atoms with Crippen molar-refractivity contribution in [3.63, 3.8) is 0 Å². The number of aryl methyl sites for hydroxylation is 1. The van der Waals surface area contributed by atoms with Crippen molar-refractivity contribution in [2.24, 2.45) is 11.7 Å². The minimum Gasteiger partial charge on any atom is -0.351 e. The van der Waals surface area contributed by atoms with Crippen LogP contribution in [0.2, 0.25) is 0 Å². The first-order valence-corrected chi connectivity index (χ1v) is 7.67. The van der Waals surface area contributed by atoms with Gasteiger partial charge in [-0.15, -0.1) is 23.7 Å². The third-order valence-electron chi connectivity index (χ3n) is 3.31. The lowest BCUT2D eigenvalue weighted by molar-refractivity contribution is 0.0952. The molecular formula is C16H20ClFN2OS. The number of amides is 1. The Bertz CT molecular complexity index is 628. The fraction of sp³-hybridized carbons (Fsp3) is 0.312. The molecule has 0 aliphatic carbocycles. The summed E-state index contributed by atoms with van der Waals surface area (Å²) < 4.78 is 13.0. The van der Waals surface area contributed by atoms with Gasteiger partial charge in [0.2, 0.25) is 0 Å². The first kappa shape index (κ1) is 18.6. The number of nitrogens with two attached hydrogens (primary N) is 1. The SMILES string of the molecule is Cc1sc(C(=O)NCC(C)CN)cc1-c1ccc(F)cc1.Cl. The van der Waals surface area contributed by atoms with E-state index in [9.17, 15) is 9.18 Å². The summed E-state index contributed by atoms with van der Waals surface area (Å²) in [6, 6.07) is 8.16. The molecule has 0 aliphatic heterocycles. The number of benzene rings is 1. The van der Waals surface area contributed by atoms with Gasteiger partial charge >= 0.3 is 0 Å². The molecule has 3 nitrogen and oxygen atoms in total. The van der Waals surface area contributed by atoms with Crippen LogP contribution < -0.4 is 11.1 Å². The maximum atomic E-state index is 13.0. The number of halogens is 2. The number of carbonyl (C=O) groups is 1. The van der Waals surface area contributed by atoms with Crippen LogP contribution >= 0.6 is 23.7 Å². The van der Waals surface area contributed by atoms with Gasteiger partial charge in [-0.3, -0.25) is 4.79 Å². The van der Waals surface area contributed by atoms with Crippen LogP contribution in [0.15, 0.2) is 30.3 Å². The lowest BCUT2D eigenvalue weighted by atomic mass is 10.1. The largest absolute Gasteiger partial charge is 0.351 e. The lowest BCUT2D eigenvalue weighted by Crippen LogP contribution is -2.30. The first-order valence-electron chi connectivity index (χ1n) is 6.86. The van der Waals surface area contributed by atoms with Gasteiger partial charge in [-0.1, -0.05) is 19.1 Å². The molecule has 1 unspecified atom stereocenters. The molecule has 1 aromatic heterocycles. The van der Waals surface area contributed by atoms with Gasteiger partial charge in [0.15, 0.2) is 0 Å². The molecule has 0 bridgehead atoms. The van der Waals surface area contributed by atoms with E-state index >= 15 is 0 Å². The third-order valence-corrected chi connectivity index (χ3v) is 4.36. The first-order chi connectivity index (χ1) is 10.0. The molecule has 1 atom stereocenters. The van der Waals surface area contributed by atoms with E-state index < -0.39 is 0 Å². The Balaban J connectivity index is 0.00000242. The second-order valence-electron chi connectivity index (χ2n) is 5.14. The highest BCUT2D eigenvalue weighted by Crippen LogP contribution is 2.31. The van der Waals surface area contributed by atoms with E-state index in [4.69, 9.17) is 5.73 Å². The number of nitrogens with one attached hydrogen (secondary N) is 1. The van der Waals surface area contributed by atoms with Gasteiger partial charge in [0.1, 0.15) is 5.82 Å². The Kier molecular flexibility index (Phi) is 7.00. The fourth-order valence-corrected chi connectivity index (χ4v) is 2.91. The molecule has 2 rings (SSSR count). The molecule has 6 heteroatoms. The van der Waals surface area contributed by atoms with Gasteiger partial charge in [0.25, 0.3) is 5.91 Å². The van der Waals surface area contributed by atoms with Gasteiger partial charge in [-0.25, -0.2) is 4.39 Å². The normalized spacial score (nSPS) is 11.6. The molecule has 120 valence electrons. The van der Waals surface area contributed by atoms with Crippen molar-refractivity contribution in [1.29, 1.82) is 0 Å². The standard InChI is InChI=1S/C16H19FN2OS.ClH/c1-10(8-18)9-19-16(20)15-7-14(11(2)21-15)12-3-5-13(17)6-4-12;/h3-7,10H,8-9,18H2,1-2H3,(H,19,20);1H. The molecule has 1 heterocycles. The van der Waals surface area contributed by atoms with Crippen LogP contribution in [-0.4, -0.2) is 19.0 Å². The highest BCUT2D eigenvalue weighted by Gasteiger charge is 2.14. The zero-order chi connectivity index (χ0) is 15.4. The predicted octanol–water partition coefficient (Wildman–Crippen LogP) is 3.61. The Labute approximate surface area is 140 Å². The Hall–Kier alpha value is -1.43. The van der Waals surface area contributed by atoms with Crippen molar-refractivity contribution in [1.82, 2.24) is 5.32 Å². The summed E-state index contributed by atoms with van der Waals surface area (Å²) in [5, 5.41) is 2.88. The average Bonchev–Trinajstić information content (AvgIpc) is 2.87. The van der Waals surface area contributed by atoms with E-state index in [-0.39, 0.29) is 30.0 Å². The summed E-state index contributed by atoms with van der Waals surface area (Å²) in [6.07, 6.45) is 0. The molecule has 22 heavy (non-hydrogen) atoms. The second-order valence-corrected chi connectivity index (χ2v) is 6.39. The van der Waals surface area contributed by atoms with Crippen LogP contribution in [0.25, 0.3) is 11.1 Å². The Morgan fingerprint density at radius 3 is 2.59 bits per heavy atom. The molecular weight excluding hydrogens is 323 g/mol. The van der Waals surface area contributed by atoms with Crippen molar-refractivity contribution in [2.75, 3.05) is 13.1 Å². The van der Waals surface area contributed by atoms with E-state index in [1.54, 1.807) is 12.1 Å². The molecule has 0 saturated heterocycles. The maximum Gasteiger partial charge on any atom is 0.261 e. The fourth-order valence-electron chi connectivity index (χ4n) is 1.95. The van der Waals surface area contributed by atoms with Crippen molar-refractivity contribution in [3.05, 3.63) is 45.9 Å².